The van der Waals surface area contributed by atoms with Crippen LogP contribution in [0.2, 0.25) is 0 Å². The third-order valence-corrected chi connectivity index (χ3v) is 5.45. The van der Waals surface area contributed by atoms with Gasteiger partial charge in [-0.15, -0.1) is 0 Å². The number of hydrogen-bond acceptors (Lipinski definition) is 3. The molecular weight excluding hydrogens is 370 g/mol. The first-order valence-corrected chi connectivity index (χ1v) is 9.92. The smallest absolute Gasteiger partial charge is 0.196 e. The van der Waals surface area contributed by atoms with Crippen LogP contribution in [0.4, 0.5) is 11.4 Å². The molecule has 0 amide bonds. The molecule has 0 aromatic heterocycles. The highest BCUT2D eigenvalue weighted by Gasteiger charge is 2.33. The van der Waals surface area contributed by atoms with Gasteiger partial charge in [-0.2, -0.15) is 0 Å². The first-order valence-electron chi connectivity index (χ1n) is 9.92. The van der Waals surface area contributed by atoms with E-state index in [1.165, 1.54) is 0 Å². The molecule has 0 atom stereocenters. The predicted octanol–water partition coefficient (Wildman–Crippen LogP) is 5.80. The Balaban J connectivity index is 1.69. The number of para-hydroxylation sites is 1. The van der Waals surface area contributed by atoms with Crippen LogP contribution in [0.5, 0.6) is 0 Å². The summed E-state index contributed by atoms with van der Waals surface area (Å²) in [5.41, 5.74) is 5.38. The number of benzene rings is 4. The molecule has 0 unspecified atom stereocenters. The van der Waals surface area contributed by atoms with Crippen molar-refractivity contribution < 1.29 is 9.59 Å². The zero-order valence-electron chi connectivity index (χ0n) is 16.3. The molecule has 3 heteroatoms. The van der Waals surface area contributed by atoms with Crippen molar-refractivity contribution in [1.29, 1.82) is 0 Å². The predicted molar refractivity (Wildman–Crippen MR) is 119 cm³/mol. The number of rotatable bonds is 4. The Kier molecular flexibility index (Phi) is 4.49. The lowest BCUT2D eigenvalue weighted by Crippen LogP contribution is -2.24. The molecule has 4 aromatic rings. The molecule has 30 heavy (non-hydrogen) atoms. The summed E-state index contributed by atoms with van der Waals surface area (Å²) in [6.07, 6.45) is 0.593. The minimum atomic E-state index is -0.117. The highest BCUT2D eigenvalue weighted by atomic mass is 16.1. The average molecular weight is 389 g/mol. The van der Waals surface area contributed by atoms with E-state index in [-0.39, 0.29) is 11.6 Å². The molecule has 4 aromatic carbocycles. The summed E-state index contributed by atoms with van der Waals surface area (Å²) >= 11 is 0. The van der Waals surface area contributed by atoms with Gasteiger partial charge < -0.3 is 5.32 Å². The number of carbonyl (C=O) groups is 2. The minimum absolute atomic E-state index is 0.0946. The van der Waals surface area contributed by atoms with Crippen molar-refractivity contribution >= 4 is 22.9 Å². The van der Waals surface area contributed by atoms with E-state index >= 15 is 0 Å². The highest BCUT2D eigenvalue weighted by Crippen LogP contribution is 2.36. The van der Waals surface area contributed by atoms with E-state index in [1.54, 1.807) is 24.3 Å². The van der Waals surface area contributed by atoms with E-state index in [1.807, 2.05) is 72.8 Å². The van der Waals surface area contributed by atoms with Crippen molar-refractivity contribution in [2.24, 2.45) is 0 Å². The van der Waals surface area contributed by atoms with Crippen LogP contribution in [0, 0.1) is 0 Å². The van der Waals surface area contributed by atoms with Crippen LogP contribution in [-0.4, -0.2) is 11.6 Å². The van der Waals surface area contributed by atoms with Crippen LogP contribution in [0.1, 0.15) is 43.0 Å². The fraction of sp³-hybridized carbons (Fsp3) is 0.0370. The second-order valence-electron chi connectivity index (χ2n) is 7.38. The Morgan fingerprint density at radius 2 is 1.13 bits per heavy atom. The Morgan fingerprint density at radius 1 is 0.567 bits per heavy atom. The van der Waals surface area contributed by atoms with Gasteiger partial charge in [-0.1, -0.05) is 78.9 Å². The van der Waals surface area contributed by atoms with Crippen LogP contribution < -0.4 is 5.32 Å². The molecular formula is C27H19NO2. The van der Waals surface area contributed by atoms with Crippen LogP contribution in [-0.2, 0) is 6.42 Å². The number of anilines is 2. The lowest BCUT2D eigenvalue weighted by Gasteiger charge is -2.23. The zero-order valence-corrected chi connectivity index (χ0v) is 16.3. The van der Waals surface area contributed by atoms with Gasteiger partial charge in [0.15, 0.2) is 11.6 Å². The average Bonchev–Trinajstić information content (AvgIpc) is 2.80. The van der Waals surface area contributed by atoms with Crippen molar-refractivity contribution in [3.63, 3.8) is 0 Å². The molecule has 0 aliphatic heterocycles. The topological polar surface area (TPSA) is 46.2 Å². The maximum Gasteiger partial charge on any atom is 0.196 e. The Bertz CT molecular complexity index is 1160. The maximum absolute atomic E-state index is 13.5. The molecule has 0 saturated carbocycles. The van der Waals surface area contributed by atoms with E-state index in [0.29, 0.717) is 34.4 Å². The number of hydrogen-bond donors (Lipinski definition) is 1. The molecule has 0 spiro atoms. The van der Waals surface area contributed by atoms with E-state index in [0.717, 1.165) is 16.8 Å². The van der Waals surface area contributed by atoms with E-state index in [9.17, 15) is 9.59 Å². The fourth-order valence-electron chi connectivity index (χ4n) is 4.03. The van der Waals surface area contributed by atoms with Gasteiger partial charge in [0.05, 0.1) is 11.3 Å². The van der Waals surface area contributed by atoms with E-state index in [4.69, 9.17) is 0 Å². The summed E-state index contributed by atoms with van der Waals surface area (Å²) in [4.78, 5) is 27.0. The van der Waals surface area contributed by atoms with Crippen molar-refractivity contribution in [3.8, 4) is 0 Å². The molecule has 0 radical (unpaired) electrons. The molecule has 1 aliphatic carbocycles. The van der Waals surface area contributed by atoms with Crippen LogP contribution in [0.3, 0.4) is 0 Å². The van der Waals surface area contributed by atoms with Gasteiger partial charge in [-0.3, -0.25) is 9.59 Å². The van der Waals surface area contributed by atoms with Crippen LogP contribution in [0.15, 0.2) is 97.1 Å². The minimum Gasteiger partial charge on any atom is -0.355 e. The van der Waals surface area contributed by atoms with Gasteiger partial charge in [0.25, 0.3) is 0 Å². The lowest BCUT2D eigenvalue weighted by atomic mass is 9.80. The number of nitrogens with one attached hydrogen (secondary N) is 1. The van der Waals surface area contributed by atoms with Gasteiger partial charge in [0.2, 0.25) is 0 Å². The molecule has 0 fully saturated rings. The lowest BCUT2D eigenvalue weighted by molar-refractivity contribution is 0.0979. The van der Waals surface area contributed by atoms with Gasteiger partial charge in [-0.05, 0) is 35.7 Å². The first kappa shape index (κ1) is 18.1. The van der Waals surface area contributed by atoms with Crippen LogP contribution in [0.25, 0.3) is 0 Å². The summed E-state index contributed by atoms with van der Waals surface area (Å²) in [7, 11) is 0. The Morgan fingerprint density at radius 3 is 1.80 bits per heavy atom. The van der Waals surface area contributed by atoms with Crippen LogP contribution >= 0.6 is 0 Å². The second kappa shape index (κ2) is 7.45. The third-order valence-electron chi connectivity index (χ3n) is 5.45. The molecule has 1 aliphatic rings. The number of ketones is 2. The summed E-state index contributed by atoms with van der Waals surface area (Å²) in [6.45, 7) is 0. The zero-order chi connectivity index (χ0) is 20.5. The molecule has 0 saturated heterocycles. The molecule has 144 valence electrons. The summed E-state index contributed by atoms with van der Waals surface area (Å²) in [5, 5.41) is 3.33. The normalized spacial score (nSPS) is 12.3. The van der Waals surface area contributed by atoms with Crippen molar-refractivity contribution in [2.75, 3.05) is 5.32 Å². The van der Waals surface area contributed by atoms with Gasteiger partial charge in [0.1, 0.15) is 0 Å². The largest absolute Gasteiger partial charge is 0.355 e. The highest BCUT2D eigenvalue weighted by molar-refractivity contribution is 6.30. The third kappa shape index (κ3) is 3.11. The molecule has 0 heterocycles. The first-order chi connectivity index (χ1) is 14.7. The van der Waals surface area contributed by atoms with E-state index in [2.05, 4.69) is 5.32 Å². The second-order valence-corrected chi connectivity index (χ2v) is 7.38. The summed E-state index contributed by atoms with van der Waals surface area (Å²) in [5.74, 6) is -0.212. The van der Waals surface area contributed by atoms with Crippen molar-refractivity contribution in [2.45, 2.75) is 6.42 Å². The SMILES string of the molecule is O=C1c2ccccc2C(=O)c2c(Nc3ccccc3)ccc(Cc3ccccc3)c21. The Labute approximate surface area is 175 Å². The number of carbonyl (C=O) groups excluding carboxylic acids is 2. The quantitative estimate of drug-likeness (QED) is 0.423. The van der Waals surface area contributed by atoms with E-state index < -0.39 is 0 Å². The molecule has 0 bridgehead atoms. The molecule has 5 rings (SSSR count). The molecule has 1 N–H and O–H groups in total. The van der Waals surface area contributed by atoms with Crippen molar-refractivity contribution in [3.05, 3.63) is 130 Å². The standard InChI is InChI=1S/C27H19NO2/c29-26-21-13-7-8-14-22(21)27(30)25-23(28-20-11-5-2-6-12-20)16-15-19(24(25)26)17-18-9-3-1-4-10-18/h1-16,28H,17H2. The summed E-state index contributed by atoms with van der Waals surface area (Å²) < 4.78 is 0. The van der Waals surface area contributed by atoms with Gasteiger partial charge >= 0.3 is 0 Å². The number of fused-ring (bicyclic) bond motifs is 2. The van der Waals surface area contributed by atoms with Crippen molar-refractivity contribution in [1.82, 2.24) is 0 Å². The fourth-order valence-corrected chi connectivity index (χ4v) is 4.03. The van der Waals surface area contributed by atoms with Gasteiger partial charge in [-0.25, -0.2) is 0 Å². The maximum atomic E-state index is 13.5. The monoisotopic (exact) mass is 389 g/mol. The van der Waals surface area contributed by atoms with Gasteiger partial charge in [0, 0.05) is 22.4 Å². The Hall–Kier alpha value is -3.98. The summed E-state index contributed by atoms with van der Waals surface area (Å²) in [6, 6.07) is 30.6. The molecule has 3 nitrogen and oxygen atoms in total.